The third-order valence-corrected chi connectivity index (χ3v) is 6.36. The molecule has 7 heteroatoms. The summed E-state index contributed by atoms with van der Waals surface area (Å²) in [5.74, 6) is 2.42. The first-order valence-corrected chi connectivity index (χ1v) is 11.8. The molecule has 0 saturated carbocycles. The highest BCUT2D eigenvalue weighted by atomic mass is 16.3. The Hall–Kier alpha value is -4.39. The van der Waals surface area contributed by atoms with E-state index >= 15 is 0 Å². The van der Waals surface area contributed by atoms with Crippen LogP contribution >= 0.6 is 0 Å². The highest BCUT2D eigenvalue weighted by Gasteiger charge is 2.12. The van der Waals surface area contributed by atoms with Crippen LogP contribution in [-0.4, -0.2) is 48.2 Å². The zero-order valence-corrected chi connectivity index (χ0v) is 19.7. The minimum atomic E-state index is 0.731. The average molecular weight is 463 g/mol. The predicted molar refractivity (Wildman–Crippen MR) is 141 cm³/mol. The van der Waals surface area contributed by atoms with Gasteiger partial charge in [0.25, 0.3) is 0 Å². The number of aromatic nitrogens is 2. The van der Waals surface area contributed by atoms with Crippen LogP contribution in [0.4, 0.5) is 0 Å². The molecule has 1 aliphatic heterocycles. The molecule has 4 heterocycles. The van der Waals surface area contributed by atoms with Crippen molar-refractivity contribution in [3.63, 3.8) is 0 Å². The lowest BCUT2D eigenvalue weighted by Crippen LogP contribution is -2.30. The third-order valence-electron chi connectivity index (χ3n) is 6.36. The molecule has 0 radical (unpaired) electrons. The third kappa shape index (κ3) is 3.95. The van der Waals surface area contributed by atoms with Crippen LogP contribution in [-0.2, 0) is 0 Å². The maximum atomic E-state index is 6.04. The van der Waals surface area contributed by atoms with E-state index in [4.69, 9.17) is 9.40 Å². The number of nitrogens with zero attached hydrogens (tertiary/aromatic N) is 4. The summed E-state index contributed by atoms with van der Waals surface area (Å²) in [6, 6.07) is 20.9. The minimum Gasteiger partial charge on any atom is -0.453 e. The Bertz CT molecular complexity index is 1590. The van der Waals surface area contributed by atoms with E-state index in [9.17, 15) is 0 Å². The molecule has 35 heavy (non-hydrogen) atoms. The number of hydrogen-bond acceptors (Lipinski definition) is 5. The summed E-state index contributed by atoms with van der Waals surface area (Å²) in [7, 11) is 3.59. The van der Waals surface area contributed by atoms with Crippen LogP contribution in [0.2, 0.25) is 0 Å². The van der Waals surface area contributed by atoms with Crippen molar-refractivity contribution in [1.29, 1.82) is 0 Å². The summed E-state index contributed by atoms with van der Waals surface area (Å²) in [6.45, 7) is 1.84. The lowest BCUT2D eigenvalue weighted by atomic mass is 10.0. The zero-order chi connectivity index (χ0) is 23.8. The van der Waals surface area contributed by atoms with Crippen LogP contribution in [0.3, 0.4) is 0 Å². The van der Waals surface area contributed by atoms with Gasteiger partial charge in [0.1, 0.15) is 17.1 Å². The highest BCUT2D eigenvalue weighted by Crippen LogP contribution is 2.29. The molecule has 2 aromatic carbocycles. The van der Waals surface area contributed by atoms with Gasteiger partial charge in [-0.3, -0.25) is 9.98 Å². The highest BCUT2D eigenvalue weighted by molar-refractivity contribution is 6.00. The zero-order valence-electron chi connectivity index (χ0n) is 19.7. The van der Waals surface area contributed by atoms with E-state index in [0.717, 1.165) is 81.5 Å². The van der Waals surface area contributed by atoms with Crippen LogP contribution in [0.25, 0.3) is 39.0 Å². The Kier molecular flexibility index (Phi) is 5.29. The molecule has 7 nitrogen and oxygen atoms in total. The van der Waals surface area contributed by atoms with E-state index < -0.39 is 0 Å². The van der Waals surface area contributed by atoms with Crippen molar-refractivity contribution in [2.24, 2.45) is 9.98 Å². The topological polar surface area (TPSA) is 79.2 Å². The minimum absolute atomic E-state index is 0.731. The predicted octanol–water partition coefficient (Wildman–Crippen LogP) is 4.75. The van der Waals surface area contributed by atoms with Gasteiger partial charge in [0.05, 0.1) is 5.69 Å². The van der Waals surface area contributed by atoms with E-state index in [1.165, 1.54) is 0 Å². The SMILES string of the molecule is CN=C(NC)c1cc2ccc(-c3ccc(-c4cn5ccc(C6=NCCCN6)cc5n4)cc3)cc2o1. The number of aliphatic imine (C=N–C) groups is 2. The Labute approximate surface area is 203 Å². The van der Waals surface area contributed by atoms with Crippen molar-refractivity contribution in [3.8, 4) is 22.4 Å². The van der Waals surface area contributed by atoms with Crippen LogP contribution in [0.5, 0.6) is 0 Å². The van der Waals surface area contributed by atoms with E-state index in [1.807, 2.05) is 19.3 Å². The van der Waals surface area contributed by atoms with Crippen molar-refractivity contribution in [3.05, 3.63) is 84.4 Å². The summed E-state index contributed by atoms with van der Waals surface area (Å²) >= 11 is 0. The molecule has 0 amide bonds. The van der Waals surface area contributed by atoms with E-state index in [1.54, 1.807) is 7.05 Å². The van der Waals surface area contributed by atoms with Crippen LogP contribution in [0.1, 0.15) is 17.7 Å². The largest absolute Gasteiger partial charge is 0.453 e. The first-order valence-electron chi connectivity index (χ1n) is 11.8. The molecule has 6 rings (SSSR count). The first-order chi connectivity index (χ1) is 17.2. The van der Waals surface area contributed by atoms with Gasteiger partial charge < -0.3 is 19.5 Å². The molecule has 0 atom stereocenters. The molecule has 0 saturated heterocycles. The molecular formula is C28H26N6O. The van der Waals surface area contributed by atoms with Gasteiger partial charge in [0, 0.05) is 56.1 Å². The second-order valence-corrected chi connectivity index (χ2v) is 8.58. The number of amidine groups is 2. The number of rotatable bonds is 4. The summed E-state index contributed by atoms with van der Waals surface area (Å²) in [5.41, 5.74) is 7.07. The van der Waals surface area contributed by atoms with E-state index in [2.05, 4.69) is 85.8 Å². The molecule has 0 bridgehead atoms. The van der Waals surface area contributed by atoms with E-state index in [0.29, 0.717) is 0 Å². The lowest BCUT2D eigenvalue weighted by molar-refractivity contribution is 0.601. The molecule has 0 aliphatic carbocycles. The first kappa shape index (κ1) is 21.2. The van der Waals surface area contributed by atoms with Crippen LogP contribution in [0.15, 0.2) is 87.5 Å². The lowest BCUT2D eigenvalue weighted by Gasteiger charge is -2.14. The van der Waals surface area contributed by atoms with Gasteiger partial charge in [-0.15, -0.1) is 0 Å². The quantitative estimate of drug-likeness (QED) is 0.298. The van der Waals surface area contributed by atoms with Gasteiger partial charge in [-0.05, 0) is 41.8 Å². The number of pyridine rings is 1. The Morgan fingerprint density at radius 1 is 1.00 bits per heavy atom. The molecule has 1 aliphatic rings. The summed E-state index contributed by atoms with van der Waals surface area (Å²) in [5, 5.41) is 7.50. The fraction of sp³-hybridized carbons (Fsp3) is 0.179. The standard InChI is InChI=1S/C28H26N6O/c1-29-28(30-2)25-15-21-9-8-20(14-24(21)35-25)18-4-6-19(7-5-18)23-17-34-13-10-22(16-26(34)33-23)27-31-11-3-12-32-27/h4-10,13-17H,3,11-12H2,1-2H3,(H,29,30)(H,31,32). The van der Waals surface area contributed by atoms with Crippen molar-refractivity contribution in [2.45, 2.75) is 6.42 Å². The Morgan fingerprint density at radius 2 is 1.83 bits per heavy atom. The van der Waals surface area contributed by atoms with Gasteiger partial charge in [-0.1, -0.05) is 36.4 Å². The van der Waals surface area contributed by atoms with E-state index in [-0.39, 0.29) is 0 Å². The molecule has 0 fully saturated rings. The molecule has 0 unspecified atom stereocenters. The number of nitrogens with one attached hydrogen (secondary N) is 2. The maximum Gasteiger partial charge on any atom is 0.170 e. The van der Waals surface area contributed by atoms with Crippen molar-refractivity contribution in [1.82, 2.24) is 20.0 Å². The summed E-state index contributed by atoms with van der Waals surface area (Å²) in [6.07, 6.45) is 5.19. The summed E-state index contributed by atoms with van der Waals surface area (Å²) in [4.78, 5) is 13.7. The summed E-state index contributed by atoms with van der Waals surface area (Å²) < 4.78 is 8.09. The van der Waals surface area contributed by atoms with Crippen molar-refractivity contribution < 1.29 is 4.42 Å². The monoisotopic (exact) mass is 462 g/mol. The molecule has 2 N–H and O–H groups in total. The Morgan fingerprint density at radius 3 is 2.60 bits per heavy atom. The van der Waals surface area contributed by atoms with Gasteiger partial charge in [-0.2, -0.15) is 0 Å². The second-order valence-electron chi connectivity index (χ2n) is 8.58. The average Bonchev–Trinajstić information content (AvgIpc) is 3.53. The van der Waals surface area contributed by atoms with Gasteiger partial charge in [-0.25, -0.2) is 4.98 Å². The Balaban J connectivity index is 1.28. The molecular weight excluding hydrogens is 436 g/mol. The van der Waals surface area contributed by atoms with Gasteiger partial charge in [0.2, 0.25) is 0 Å². The maximum absolute atomic E-state index is 6.04. The molecule has 5 aromatic rings. The van der Waals surface area contributed by atoms with Crippen molar-refractivity contribution >= 4 is 28.3 Å². The molecule has 174 valence electrons. The number of hydrogen-bond donors (Lipinski definition) is 2. The normalized spacial score (nSPS) is 14.2. The van der Waals surface area contributed by atoms with Gasteiger partial charge >= 0.3 is 0 Å². The fourth-order valence-corrected chi connectivity index (χ4v) is 4.50. The van der Waals surface area contributed by atoms with Gasteiger partial charge in [0.15, 0.2) is 11.6 Å². The van der Waals surface area contributed by atoms with Crippen LogP contribution < -0.4 is 10.6 Å². The number of fused-ring (bicyclic) bond motifs is 2. The van der Waals surface area contributed by atoms with Crippen molar-refractivity contribution in [2.75, 3.05) is 27.2 Å². The fourth-order valence-electron chi connectivity index (χ4n) is 4.50. The smallest absolute Gasteiger partial charge is 0.170 e. The number of furan rings is 1. The van der Waals surface area contributed by atoms with Crippen LogP contribution in [0, 0.1) is 0 Å². The second kappa shape index (κ2) is 8.76. The molecule has 3 aromatic heterocycles. The molecule has 0 spiro atoms. The number of benzene rings is 2. The number of imidazole rings is 1.